The standard InChI is InChI=1S/C19H15FN4O3/c20-13-4-6-14(7-5-13)26-12-15-8-9-16(27-15)19(25)21-11-18-23-22-17-3-1-2-10-24(17)18/h1-10H,11-12H2,(H,21,25). The molecule has 0 saturated heterocycles. The van der Waals surface area contributed by atoms with Crippen molar-refractivity contribution in [1.82, 2.24) is 19.9 Å². The van der Waals surface area contributed by atoms with Crippen molar-refractivity contribution in [1.29, 1.82) is 0 Å². The number of nitrogens with zero attached hydrogens (tertiary/aromatic N) is 3. The Balaban J connectivity index is 1.35. The fourth-order valence-corrected chi connectivity index (χ4v) is 2.52. The van der Waals surface area contributed by atoms with E-state index < -0.39 is 0 Å². The van der Waals surface area contributed by atoms with E-state index in [-0.39, 0.29) is 30.6 Å². The topological polar surface area (TPSA) is 81.7 Å². The molecule has 1 aromatic carbocycles. The first-order valence-electron chi connectivity index (χ1n) is 8.23. The van der Waals surface area contributed by atoms with Crippen molar-refractivity contribution < 1.29 is 18.3 Å². The Labute approximate surface area is 153 Å². The van der Waals surface area contributed by atoms with Gasteiger partial charge in [-0.2, -0.15) is 0 Å². The van der Waals surface area contributed by atoms with E-state index in [1.807, 2.05) is 24.4 Å². The minimum atomic E-state index is -0.365. The van der Waals surface area contributed by atoms with Crippen LogP contribution in [0.5, 0.6) is 5.75 Å². The molecule has 0 fully saturated rings. The lowest BCUT2D eigenvalue weighted by Crippen LogP contribution is -2.23. The van der Waals surface area contributed by atoms with E-state index in [0.29, 0.717) is 23.0 Å². The number of ether oxygens (including phenoxy) is 1. The maximum Gasteiger partial charge on any atom is 0.287 e. The summed E-state index contributed by atoms with van der Waals surface area (Å²) in [6, 6.07) is 14.5. The Morgan fingerprint density at radius 1 is 1.11 bits per heavy atom. The Morgan fingerprint density at radius 3 is 2.81 bits per heavy atom. The lowest BCUT2D eigenvalue weighted by atomic mass is 10.3. The summed E-state index contributed by atoms with van der Waals surface area (Å²) in [6.45, 7) is 0.347. The first-order chi connectivity index (χ1) is 13.2. The largest absolute Gasteiger partial charge is 0.486 e. The van der Waals surface area contributed by atoms with Gasteiger partial charge in [0.2, 0.25) is 0 Å². The van der Waals surface area contributed by atoms with Gasteiger partial charge in [-0.05, 0) is 48.5 Å². The van der Waals surface area contributed by atoms with Crippen molar-refractivity contribution in [3.8, 4) is 5.75 Å². The first kappa shape index (κ1) is 16.8. The number of hydrogen-bond donors (Lipinski definition) is 1. The molecule has 4 rings (SSSR count). The molecule has 0 unspecified atom stereocenters. The number of nitrogens with one attached hydrogen (secondary N) is 1. The van der Waals surface area contributed by atoms with Crippen molar-refractivity contribution in [3.63, 3.8) is 0 Å². The van der Waals surface area contributed by atoms with Crippen LogP contribution in [0.3, 0.4) is 0 Å². The number of furan rings is 1. The summed E-state index contributed by atoms with van der Waals surface area (Å²) in [4.78, 5) is 12.3. The fourth-order valence-electron chi connectivity index (χ4n) is 2.52. The molecular formula is C19H15FN4O3. The molecule has 4 aromatic rings. The summed E-state index contributed by atoms with van der Waals surface area (Å²) in [6.07, 6.45) is 1.83. The molecule has 7 nitrogen and oxygen atoms in total. The number of carbonyl (C=O) groups is 1. The van der Waals surface area contributed by atoms with Crippen LogP contribution in [0, 0.1) is 5.82 Å². The molecule has 1 N–H and O–H groups in total. The molecule has 0 spiro atoms. The van der Waals surface area contributed by atoms with Gasteiger partial charge in [-0.1, -0.05) is 6.07 Å². The van der Waals surface area contributed by atoms with Crippen LogP contribution in [-0.2, 0) is 13.2 Å². The monoisotopic (exact) mass is 366 g/mol. The highest BCUT2D eigenvalue weighted by molar-refractivity contribution is 5.91. The van der Waals surface area contributed by atoms with Crippen LogP contribution in [-0.4, -0.2) is 20.5 Å². The number of carbonyl (C=O) groups excluding carboxylic acids is 1. The van der Waals surface area contributed by atoms with E-state index in [4.69, 9.17) is 9.15 Å². The number of benzene rings is 1. The molecule has 0 aliphatic rings. The predicted molar refractivity (Wildman–Crippen MR) is 93.6 cm³/mol. The number of aromatic nitrogens is 3. The molecule has 0 atom stereocenters. The second-order valence-electron chi connectivity index (χ2n) is 5.74. The van der Waals surface area contributed by atoms with Crippen LogP contribution < -0.4 is 10.1 Å². The molecule has 0 radical (unpaired) electrons. The Bertz CT molecular complexity index is 1070. The van der Waals surface area contributed by atoms with Gasteiger partial charge in [0.1, 0.15) is 23.9 Å². The van der Waals surface area contributed by atoms with Gasteiger partial charge in [-0.3, -0.25) is 9.20 Å². The third-order valence-electron chi connectivity index (χ3n) is 3.87. The van der Waals surface area contributed by atoms with E-state index >= 15 is 0 Å². The number of hydrogen-bond acceptors (Lipinski definition) is 5. The zero-order chi connectivity index (χ0) is 18.6. The SMILES string of the molecule is O=C(NCc1nnc2ccccn12)c1ccc(COc2ccc(F)cc2)o1. The minimum absolute atomic E-state index is 0.133. The van der Waals surface area contributed by atoms with Crippen molar-refractivity contribution >= 4 is 11.6 Å². The zero-order valence-electron chi connectivity index (χ0n) is 14.1. The third-order valence-corrected chi connectivity index (χ3v) is 3.87. The normalized spacial score (nSPS) is 10.9. The average Bonchev–Trinajstić information content (AvgIpc) is 3.33. The Kier molecular flexibility index (Phi) is 4.52. The fraction of sp³-hybridized carbons (Fsp3) is 0.105. The molecule has 8 heteroatoms. The number of amides is 1. The number of pyridine rings is 1. The molecular weight excluding hydrogens is 351 g/mol. The van der Waals surface area contributed by atoms with Crippen molar-refractivity contribution in [2.75, 3.05) is 0 Å². The van der Waals surface area contributed by atoms with Crippen molar-refractivity contribution in [2.24, 2.45) is 0 Å². The van der Waals surface area contributed by atoms with E-state index in [0.717, 1.165) is 0 Å². The number of rotatable bonds is 6. The number of halogens is 1. The molecule has 0 bridgehead atoms. The molecule has 3 aromatic heterocycles. The molecule has 0 saturated carbocycles. The van der Waals surface area contributed by atoms with E-state index in [1.165, 1.54) is 24.3 Å². The van der Waals surface area contributed by atoms with Gasteiger partial charge < -0.3 is 14.5 Å². The van der Waals surface area contributed by atoms with Crippen LogP contribution in [0.1, 0.15) is 22.1 Å². The van der Waals surface area contributed by atoms with Gasteiger partial charge in [0.25, 0.3) is 5.91 Å². The van der Waals surface area contributed by atoms with Gasteiger partial charge in [0, 0.05) is 6.20 Å². The lowest BCUT2D eigenvalue weighted by Gasteiger charge is -2.04. The lowest BCUT2D eigenvalue weighted by molar-refractivity contribution is 0.0918. The van der Waals surface area contributed by atoms with Crippen LogP contribution in [0.2, 0.25) is 0 Å². The highest BCUT2D eigenvalue weighted by atomic mass is 19.1. The Morgan fingerprint density at radius 2 is 1.96 bits per heavy atom. The maximum absolute atomic E-state index is 12.9. The highest BCUT2D eigenvalue weighted by Crippen LogP contribution is 2.15. The zero-order valence-corrected chi connectivity index (χ0v) is 14.1. The van der Waals surface area contributed by atoms with Crippen LogP contribution in [0.4, 0.5) is 4.39 Å². The third kappa shape index (κ3) is 3.79. The van der Waals surface area contributed by atoms with Crippen molar-refractivity contribution in [3.05, 3.63) is 84.0 Å². The first-order valence-corrected chi connectivity index (χ1v) is 8.23. The molecule has 0 aliphatic heterocycles. The van der Waals surface area contributed by atoms with Gasteiger partial charge in [-0.25, -0.2) is 4.39 Å². The van der Waals surface area contributed by atoms with E-state index in [1.54, 1.807) is 16.5 Å². The predicted octanol–water partition coefficient (Wildman–Crippen LogP) is 2.97. The molecule has 136 valence electrons. The summed E-state index contributed by atoms with van der Waals surface area (Å²) in [5.74, 6) is 1.08. The smallest absolute Gasteiger partial charge is 0.287 e. The summed E-state index contributed by atoms with van der Waals surface area (Å²) in [7, 11) is 0. The quantitative estimate of drug-likeness (QED) is 0.567. The molecule has 0 aliphatic carbocycles. The second-order valence-corrected chi connectivity index (χ2v) is 5.74. The highest BCUT2D eigenvalue weighted by Gasteiger charge is 2.13. The average molecular weight is 366 g/mol. The summed E-state index contributed by atoms with van der Waals surface area (Å²) in [5, 5.41) is 10.8. The minimum Gasteiger partial charge on any atom is -0.486 e. The van der Waals surface area contributed by atoms with E-state index in [9.17, 15) is 9.18 Å². The number of fused-ring (bicyclic) bond motifs is 1. The van der Waals surface area contributed by atoms with Gasteiger partial charge >= 0.3 is 0 Å². The molecule has 3 heterocycles. The van der Waals surface area contributed by atoms with Gasteiger partial charge in [0.05, 0.1) is 6.54 Å². The van der Waals surface area contributed by atoms with Crippen LogP contribution in [0.15, 0.2) is 65.2 Å². The summed E-state index contributed by atoms with van der Waals surface area (Å²) >= 11 is 0. The summed E-state index contributed by atoms with van der Waals surface area (Å²) in [5.41, 5.74) is 0.708. The maximum atomic E-state index is 12.9. The van der Waals surface area contributed by atoms with Crippen LogP contribution >= 0.6 is 0 Å². The molecule has 1 amide bonds. The van der Waals surface area contributed by atoms with Crippen LogP contribution in [0.25, 0.3) is 5.65 Å². The second kappa shape index (κ2) is 7.28. The molecule has 27 heavy (non-hydrogen) atoms. The van der Waals surface area contributed by atoms with Gasteiger partial charge in [-0.15, -0.1) is 10.2 Å². The van der Waals surface area contributed by atoms with E-state index in [2.05, 4.69) is 15.5 Å². The van der Waals surface area contributed by atoms with Gasteiger partial charge in [0.15, 0.2) is 17.2 Å². The Hall–Kier alpha value is -3.68. The summed E-state index contributed by atoms with van der Waals surface area (Å²) < 4.78 is 25.7. The van der Waals surface area contributed by atoms with Crippen molar-refractivity contribution in [2.45, 2.75) is 13.2 Å².